The second-order valence-corrected chi connectivity index (χ2v) is 5.24. The lowest BCUT2D eigenvalue weighted by Gasteiger charge is -2.11. The Balaban J connectivity index is 2.39. The summed E-state index contributed by atoms with van der Waals surface area (Å²) in [5.41, 5.74) is 2.67. The standard InChI is InChI=1S/C15H25N/c1-12(2)7-6-10-16-15-9-5-8-14(11-15)13(3)4/h5,8-9,11-13,16H,6-7,10H2,1-4H3. The summed E-state index contributed by atoms with van der Waals surface area (Å²) in [4.78, 5) is 0. The molecule has 1 heteroatoms. The summed E-state index contributed by atoms with van der Waals surface area (Å²) >= 11 is 0. The molecule has 90 valence electrons. The van der Waals surface area contributed by atoms with Crippen molar-refractivity contribution >= 4 is 5.69 Å². The maximum absolute atomic E-state index is 3.50. The van der Waals surface area contributed by atoms with Gasteiger partial charge in [-0.05, 0) is 42.4 Å². The zero-order chi connectivity index (χ0) is 12.0. The van der Waals surface area contributed by atoms with Gasteiger partial charge in [-0.25, -0.2) is 0 Å². The molecular formula is C15H25N. The first-order valence-corrected chi connectivity index (χ1v) is 6.43. The molecule has 0 atom stereocenters. The van der Waals surface area contributed by atoms with Crippen molar-refractivity contribution in [3.05, 3.63) is 29.8 Å². The monoisotopic (exact) mass is 219 g/mol. The predicted molar refractivity (Wildman–Crippen MR) is 73.1 cm³/mol. The maximum Gasteiger partial charge on any atom is 0.0343 e. The van der Waals surface area contributed by atoms with Crippen molar-refractivity contribution in [1.82, 2.24) is 0 Å². The third-order valence-corrected chi connectivity index (χ3v) is 2.84. The molecular weight excluding hydrogens is 194 g/mol. The van der Waals surface area contributed by atoms with E-state index in [2.05, 4.69) is 57.3 Å². The molecule has 0 aliphatic heterocycles. The van der Waals surface area contributed by atoms with E-state index < -0.39 is 0 Å². The summed E-state index contributed by atoms with van der Waals surface area (Å²) in [7, 11) is 0. The molecule has 16 heavy (non-hydrogen) atoms. The van der Waals surface area contributed by atoms with Crippen molar-refractivity contribution in [3.63, 3.8) is 0 Å². The fourth-order valence-electron chi connectivity index (χ4n) is 1.75. The molecule has 0 radical (unpaired) electrons. The highest BCUT2D eigenvalue weighted by molar-refractivity contribution is 5.46. The van der Waals surface area contributed by atoms with E-state index in [1.54, 1.807) is 0 Å². The number of hydrogen-bond donors (Lipinski definition) is 1. The summed E-state index contributed by atoms with van der Waals surface area (Å²) in [5, 5.41) is 3.50. The first-order chi connectivity index (χ1) is 7.59. The van der Waals surface area contributed by atoms with Crippen molar-refractivity contribution in [3.8, 4) is 0 Å². The van der Waals surface area contributed by atoms with Crippen LogP contribution in [0.5, 0.6) is 0 Å². The molecule has 0 unspecified atom stereocenters. The van der Waals surface area contributed by atoms with Gasteiger partial charge >= 0.3 is 0 Å². The molecule has 0 aromatic heterocycles. The first-order valence-electron chi connectivity index (χ1n) is 6.43. The Kier molecular flexibility index (Phi) is 5.37. The lowest BCUT2D eigenvalue weighted by atomic mass is 10.0. The van der Waals surface area contributed by atoms with Gasteiger partial charge in [-0.2, -0.15) is 0 Å². The van der Waals surface area contributed by atoms with Crippen LogP contribution in [0.3, 0.4) is 0 Å². The summed E-state index contributed by atoms with van der Waals surface area (Å²) in [5.74, 6) is 1.42. The molecule has 1 aromatic rings. The highest BCUT2D eigenvalue weighted by Crippen LogP contribution is 2.18. The van der Waals surface area contributed by atoms with Crippen molar-refractivity contribution in [2.24, 2.45) is 5.92 Å². The van der Waals surface area contributed by atoms with Crippen LogP contribution in [-0.2, 0) is 0 Å². The third kappa shape index (κ3) is 4.69. The first kappa shape index (κ1) is 13.1. The minimum Gasteiger partial charge on any atom is -0.385 e. The van der Waals surface area contributed by atoms with Gasteiger partial charge in [0.2, 0.25) is 0 Å². The van der Waals surface area contributed by atoms with Gasteiger partial charge in [-0.15, -0.1) is 0 Å². The molecule has 1 N–H and O–H groups in total. The van der Waals surface area contributed by atoms with Gasteiger partial charge in [-0.1, -0.05) is 39.8 Å². The Morgan fingerprint density at radius 2 is 1.88 bits per heavy atom. The van der Waals surface area contributed by atoms with Crippen molar-refractivity contribution in [2.45, 2.75) is 46.5 Å². The highest BCUT2D eigenvalue weighted by atomic mass is 14.9. The van der Waals surface area contributed by atoms with Gasteiger partial charge in [0.05, 0.1) is 0 Å². The predicted octanol–water partition coefficient (Wildman–Crippen LogP) is 4.66. The molecule has 0 saturated carbocycles. The molecule has 0 aliphatic carbocycles. The van der Waals surface area contributed by atoms with E-state index in [4.69, 9.17) is 0 Å². The highest BCUT2D eigenvalue weighted by Gasteiger charge is 2.00. The van der Waals surface area contributed by atoms with Crippen molar-refractivity contribution in [1.29, 1.82) is 0 Å². The average Bonchev–Trinajstić information content (AvgIpc) is 2.24. The maximum atomic E-state index is 3.50. The van der Waals surface area contributed by atoms with Gasteiger partial charge < -0.3 is 5.32 Å². The van der Waals surface area contributed by atoms with E-state index in [9.17, 15) is 0 Å². The lowest BCUT2D eigenvalue weighted by molar-refractivity contribution is 0.567. The van der Waals surface area contributed by atoms with Crippen LogP contribution in [0, 0.1) is 5.92 Å². The minimum atomic E-state index is 0.609. The van der Waals surface area contributed by atoms with Gasteiger partial charge in [0, 0.05) is 12.2 Å². The second kappa shape index (κ2) is 6.57. The normalized spacial score (nSPS) is 11.1. The molecule has 0 aliphatic rings. The molecule has 0 bridgehead atoms. The third-order valence-electron chi connectivity index (χ3n) is 2.84. The summed E-state index contributed by atoms with van der Waals surface area (Å²) < 4.78 is 0. The molecule has 0 amide bonds. The molecule has 1 aromatic carbocycles. The summed E-state index contributed by atoms with van der Waals surface area (Å²) in [6.45, 7) is 10.1. The fraction of sp³-hybridized carbons (Fsp3) is 0.600. The van der Waals surface area contributed by atoms with Crippen molar-refractivity contribution < 1.29 is 0 Å². The molecule has 0 heterocycles. The zero-order valence-corrected chi connectivity index (χ0v) is 11.1. The van der Waals surface area contributed by atoms with Gasteiger partial charge in [0.25, 0.3) is 0 Å². The summed E-state index contributed by atoms with van der Waals surface area (Å²) in [6, 6.07) is 8.76. The number of nitrogens with one attached hydrogen (secondary N) is 1. The van der Waals surface area contributed by atoms with Crippen LogP contribution in [0.4, 0.5) is 5.69 Å². The van der Waals surface area contributed by atoms with Crippen LogP contribution in [0.15, 0.2) is 24.3 Å². The Labute approximate surface area is 100 Å². The van der Waals surface area contributed by atoms with Crippen LogP contribution in [-0.4, -0.2) is 6.54 Å². The SMILES string of the molecule is CC(C)CCCNc1cccc(C(C)C)c1. The van der Waals surface area contributed by atoms with Crippen LogP contribution >= 0.6 is 0 Å². The van der Waals surface area contributed by atoms with E-state index in [0.717, 1.165) is 12.5 Å². The Hall–Kier alpha value is -0.980. The van der Waals surface area contributed by atoms with E-state index in [1.165, 1.54) is 24.1 Å². The van der Waals surface area contributed by atoms with Crippen molar-refractivity contribution in [2.75, 3.05) is 11.9 Å². The lowest BCUT2D eigenvalue weighted by Crippen LogP contribution is -2.03. The molecule has 0 spiro atoms. The molecule has 1 rings (SSSR count). The zero-order valence-electron chi connectivity index (χ0n) is 11.1. The van der Waals surface area contributed by atoms with Crippen LogP contribution in [0.2, 0.25) is 0 Å². The number of anilines is 1. The van der Waals surface area contributed by atoms with E-state index >= 15 is 0 Å². The number of hydrogen-bond acceptors (Lipinski definition) is 1. The van der Waals surface area contributed by atoms with Gasteiger partial charge in [-0.3, -0.25) is 0 Å². The van der Waals surface area contributed by atoms with E-state index in [0.29, 0.717) is 5.92 Å². The van der Waals surface area contributed by atoms with E-state index in [-0.39, 0.29) is 0 Å². The van der Waals surface area contributed by atoms with Gasteiger partial charge in [0.15, 0.2) is 0 Å². The largest absolute Gasteiger partial charge is 0.385 e. The fourth-order valence-corrected chi connectivity index (χ4v) is 1.75. The molecule has 0 saturated heterocycles. The van der Waals surface area contributed by atoms with Crippen LogP contribution < -0.4 is 5.32 Å². The van der Waals surface area contributed by atoms with Gasteiger partial charge in [0.1, 0.15) is 0 Å². The quantitative estimate of drug-likeness (QED) is 0.686. The number of benzene rings is 1. The van der Waals surface area contributed by atoms with E-state index in [1.807, 2.05) is 0 Å². The Morgan fingerprint density at radius 3 is 2.50 bits per heavy atom. The second-order valence-electron chi connectivity index (χ2n) is 5.24. The summed E-state index contributed by atoms with van der Waals surface area (Å²) in [6.07, 6.45) is 2.56. The smallest absolute Gasteiger partial charge is 0.0343 e. The Morgan fingerprint density at radius 1 is 1.12 bits per heavy atom. The average molecular weight is 219 g/mol. The van der Waals surface area contributed by atoms with Crippen LogP contribution in [0.25, 0.3) is 0 Å². The number of rotatable bonds is 6. The minimum absolute atomic E-state index is 0.609. The molecule has 1 nitrogen and oxygen atoms in total. The Bertz CT molecular complexity index is 302. The topological polar surface area (TPSA) is 12.0 Å². The molecule has 0 fully saturated rings. The van der Waals surface area contributed by atoms with Crippen LogP contribution in [0.1, 0.15) is 52.0 Å².